The number of thiazole rings is 1. The molecule has 0 bridgehead atoms. The molecule has 0 aliphatic heterocycles. The average Bonchev–Trinajstić information content (AvgIpc) is 2.90. The van der Waals surface area contributed by atoms with Crippen molar-refractivity contribution >= 4 is 28.5 Å². The molecule has 2 rings (SSSR count). The molecule has 1 aliphatic carbocycles. The van der Waals surface area contributed by atoms with E-state index in [9.17, 15) is 4.79 Å². The second-order valence-corrected chi connectivity index (χ2v) is 5.90. The zero-order valence-corrected chi connectivity index (χ0v) is 12.0. The van der Waals surface area contributed by atoms with Crippen LogP contribution in [0, 0.1) is 13.8 Å². The topological polar surface area (TPSA) is 92.4 Å². The van der Waals surface area contributed by atoms with Crippen molar-refractivity contribution in [3.05, 3.63) is 10.6 Å². The Kier molecular flexibility index (Phi) is 4.36. The quantitative estimate of drug-likeness (QED) is 0.571. The average molecular weight is 281 g/mol. The van der Waals surface area contributed by atoms with Gasteiger partial charge in [0.25, 0.3) is 0 Å². The van der Waals surface area contributed by atoms with E-state index in [0.29, 0.717) is 5.13 Å². The molecule has 7 heteroatoms. The summed E-state index contributed by atoms with van der Waals surface area (Å²) >= 11 is 1.45. The van der Waals surface area contributed by atoms with Crippen molar-refractivity contribution in [3.8, 4) is 0 Å². The van der Waals surface area contributed by atoms with Crippen LogP contribution in [0.4, 0.5) is 9.93 Å². The van der Waals surface area contributed by atoms with Crippen molar-refractivity contribution in [1.29, 1.82) is 0 Å². The molecule has 0 saturated heterocycles. The number of amides is 2. The smallest absolute Gasteiger partial charge is 0.321 e. The maximum atomic E-state index is 11.7. The molecule has 0 unspecified atom stereocenters. The van der Waals surface area contributed by atoms with Gasteiger partial charge in [0.05, 0.1) is 5.69 Å². The Morgan fingerprint density at radius 1 is 1.42 bits per heavy atom. The molecule has 0 atom stereocenters. The number of carbonyl (C=O) groups is 1. The second kappa shape index (κ2) is 6.01. The lowest BCUT2D eigenvalue weighted by molar-refractivity contribution is 0.241. The Balaban J connectivity index is 1.88. The second-order valence-electron chi connectivity index (χ2n) is 4.71. The molecule has 1 aromatic heterocycles. The first-order valence-electron chi connectivity index (χ1n) is 6.40. The van der Waals surface area contributed by atoms with E-state index in [4.69, 9.17) is 5.73 Å². The standard InChI is InChI=1S/C12H19N5OS/c1-7-8(2)19-12(14-7)17-10(13)16-11(18)15-9-5-3-4-6-9/h9H,3-6H2,1-2H3,(H4,13,14,15,16,17,18). The maximum absolute atomic E-state index is 11.7. The van der Waals surface area contributed by atoms with Gasteiger partial charge in [-0.05, 0) is 26.7 Å². The largest absolute Gasteiger partial charge is 0.369 e. The first kappa shape index (κ1) is 13.8. The molecule has 1 aliphatic rings. The molecular formula is C12H19N5OS. The van der Waals surface area contributed by atoms with Gasteiger partial charge in [-0.1, -0.05) is 24.2 Å². The minimum Gasteiger partial charge on any atom is -0.369 e. The normalized spacial score (nSPS) is 16.6. The molecule has 0 aromatic carbocycles. The fourth-order valence-electron chi connectivity index (χ4n) is 2.04. The van der Waals surface area contributed by atoms with Gasteiger partial charge >= 0.3 is 6.03 Å². The molecular weight excluding hydrogens is 262 g/mol. The summed E-state index contributed by atoms with van der Waals surface area (Å²) in [5.41, 5.74) is 6.62. The number of aryl methyl sites for hydroxylation is 2. The summed E-state index contributed by atoms with van der Waals surface area (Å²) in [4.78, 5) is 21.1. The molecule has 104 valence electrons. The molecule has 0 radical (unpaired) electrons. The van der Waals surface area contributed by atoms with Gasteiger partial charge in [-0.2, -0.15) is 4.99 Å². The third-order valence-electron chi connectivity index (χ3n) is 3.17. The van der Waals surface area contributed by atoms with E-state index in [-0.39, 0.29) is 18.0 Å². The van der Waals surface area contributed by atoms with Crippen LogP contribution >= 0.6 is 11.3 Å². The number of nitrogens with two attached hydrogens (primary N) is 1. The van der Waals surface area contributed by atoms with Crippen molar-refractivity contribution in [3.63, 3.8) is 0 Å². The zero-order valence-electron chi connectivity index (χ0n) is 11.2. The minimum atomic E-state index is -0.293. The van der Waals surface area contributed by atoms with E-state index in [1.165, 1.54) is 24.2 Å². The van der Waals surface area contributed by atoms with Crippen molar-refractivity contribution in [2.24, 2.45) is 10.7 Å². The lowest BCUT2D eigenvalue weighted by Gasteiger charge is -2.12. The summed E-state index contributed by atoms with van der Waals surface area (Å²) in [5.74, 6) is 0.0734. The van der Waals surface area contributed by atoms with Crippen LogP contribution in [0.15, 0.2) is 4.99 Å². The third kappa shape index (κ3) is 3.92. The van der Waals surface area contributed by atoms with Gasteiger partial charge in [0.1, 0.15) is 0 Å². The number of nitrogens with one attached hydrogen (secondary N) is 2. The van der Waals surface area contributed by atoms with Gasteiger partial charge in [-0.25, -0.2) is 9.78 Å². The summed E-state index contributed by atoms with van der Waals surface area (Å²) in [6, 6.07) is -0.0321. The molecule has 1 fully saturated rings. The number of carbonyl (C=O) groups excluding carboxylic acids is 1. The lowest BCUT2D eigenvalue weighted by Crippen LogP contribution is -2.46. The number of aliphatic imine (C=N–C) groups is 1. The van der Waals surface area contributed by atoms with Crippen LogP contribution in [-0.2, 0) is 0 Å². The van der Waals surface area contributed by atoms with E-state index in [1.807, 2.05) is 13.8 Å². The summed E-state index contributed by atoms with van der Waals surface area (Å²) in [6.07, 6.45) is 4.42. The molecule has 2 amide bonds. The predicted molar refractivity (Wildman–Crippen MR) is 76.8 cm³/mol. The van der Waals surface area contributed by atoms with Crippen LogP contribution in [-0.4, -0.2) is 23.0 Å². The van der Waals surface area contributed by atoms with E-state index < -0.39 is 0 Å². The Hall–Kier alpha value is -1.63. The summed E-state index contributed by atoms with van der Waals surface area (Å²) in [5, 5.41) is 5.98. The molecule has 4 N–H and O–H groups in total. The van der Waals surface area contributed by atoms with Gasteiger partial charge in [-0.3, -0.25) is 5.32 Å². The minimum absolute atomic E-state index is 0.0734. The molecule has 1 heterocycles. The van der Waals surface area contributed by atoms with E-state index in [1.54, 1.807) is 0 Å². The summed E-state index contributed by atoms with van der Waals surface area (Å²) in [7, 11) is 0. The first-order chi connectivity index (χ1) is 9.04. The Bertz CT molecular complexity index is 471. The molecule has 6 nitrogen and oxygen atoms in total. The monoisotopic (exact) mass is 281 g/mol. The van der Waals surface area contributed by atoms with Crippen LogP contribution in [0.5, 0.6) is 0 Å². The van der Waals surface area contributed by atoms with Crippen molar-refractivity contribution in [2.45, 2.75) is 45.6 Å². The SMILES string of the molecule is Cc1nc(/N=C(\N)NC(=O)NC2CCCC2)sc1C. The van der Waals surface area contributed by atoms with Crippen LogP contribution in [0.3, 0.4) is 0 Å². The first-order valence-corrected chi connectivity index (χ1v) is 7.22. The van der Waals surface area contributed by atoms with Gasteiger partial charge in [0.2, 0.25) is 11.1 Å². The van der Waals surface area contributed by atoms with Gasteiger partial charge in [0, 0.05) is 10.9 Å². The number of nitrogens with zero attached hydrogens (tertiary/aromatic N) is 2. The summed E-state index contributed by atoms with van der Waals surface area (Å²) in [6.45, 7) is 3.89. The maximum Gasteiger partial charge on any atom is 0.321 e. The van der Waals surface area contributed by atoms with Gasteiger partial charge in [-0.15, -0.1) is 0 Å². The van der Waals surface area contributed by atoms with Crippen LogP contribution in [0.2, 0.25) is 0 Å². The molecule has 1 aromatic rings. The number of aromatic nitrogens is 1. The fraction of sp³-hybridized carbons (Fsp3) is 0.583. The number of hydrogen-bond acceptors (Lipinski definition) is 4. The van der Waals surface area contributed by atoms with Crippen LogP contribution < -0.4 is 16.4 Å². The van der Waals surface area contributed by atoms with Gasteiger partial charge < -0.3 is 11.1 Å². The third-order valence-corrected chi connectivity index (χ3v) is 4.13. The highest BCUT2D eigenvalue weighted by Gasteiger charge is 2.17. The highest BCUT2D eigenvalue weighted by molar-refractivity contribution is 7.15. The Labute approximate surface area is 116 Å². The number of rotatable bonds is 2. The zero-order chi connectivity index (χ0) is 13.8. The van der Waals surface area contributed by atoms with E-state index in [0.717, 1.165) is 23.4 Å². The lowest BCUT2D eigenvalue weighted by atomic mass is 10.3. The Morgan fingerprint density at radius 2 is 2.11 bits per heavy atom. The molecule has 1 saturated carbocycles. The highest BCUT2D eigenvalue weighted by atomic mass is 32.1. The predicted octanol–water partition coefficient (Wildman–Crippen LogP) is 1.95. The van der Waals surface area contributed by atoms with Gasteiger partial charge in [0.15, 0.2) is 0 Å². The van der Waals surface area contributed by atoms with Crippen molar-refractivity contribution in [1.82, 2.24) is 15.6 Å². The fourth-order valence-corrected chi connectivity index (χ4v) is 2.84. The number of hydrogen-bond donors (Lipinski definition) is 3. The highest BCUT2D eigenvalue weighted by Crippen LogP contribution is 2.23. The van der Waals surface area contributed by atoms with Crippen LogP contribution in [0.1, 0.15) is 36.3 Å². The molecule has 0 spiro atoms. The molecule has 19 heavy (non-hydrogen) atoms. The van der Waals surface area contributed by atoms with E-state index >= 15 is 0 Å². The number of urea groups is 1. The van der Waals surface area contributed by atoms with Crippen molar-refractivity contribution in [2.75, 3.05) is 0 Å². The Morgan fingerprint density at radius 3 is 2.68 bits per heavy atom. The van der Waals surface area contributed by atoms with E-state index in [2.05, 4.69) is 20.6 Å². The van der Waals surface area contributed by atoms with Crippen molar-refractivity contribution < 1.29 is 4.79 Å². The summed E-state index contributed by atoms with van der Waals surface area (Å²) < 4.78 is 0. The van der Waals surface area contributed by atoms with Crippen LogP contribution in [0.25, 0.3) is 0 Å². The number of guanidine groups is 1.